The monoisotopic (exact) mass is 246 g/mol. The van der Waals surface area contributed by atoms with Crippen molar-refractivity contribution in [3.8, 4) is 6.07 Å². The first-order valence-electron chi connectivity index (χ1n) is 5.79. The number of carbonyl (C=O) groups is 1. The Labute approximate surface area is 107 Å². The molecule has 4 nitrogen and oxygen atoms in total. The molecular formula is C14H18N2O2. The van der Waals surface area contributed by atoms with Gasteiger partial charge >= 0.3 is 5.97 Å². The van der Waals surface area contributed by atoms with Crippen molar-refractivity contribution < 1.29 is 9.53 Å². The molecule has 0 saturated carbocycles. The number of ether oxygens (including phenoxy) is 1. The molecule has 4 heteroatoms. The van der Waals surface area contributed by atoms with Crippen LogP contribution in [0.2, 0.25) is 0 Å². The van der Waals surface area contributed by atoms with Crippen LogP contribution in [0.3, 0.4) is 0 Å². The largest absolute Gasteiger partial charge is 0.459 e. The molecule has 0 aromatic heterocycles. The van der Waals surface area contributed by atoms with E-state index in [0.717, 1.165) is 5.56 Å². The predicted molar refractivity (Wildman–Crippen MR) is 68.7 cm³/mol. The molecule has 0 aliphatic rings. The van der Waals surface area contributed by atoms with Crippen LogP contribution < -0.4 is 5.73 Å². The zero-order valence-electron chi connectivity index (χ0n) is 10.9. The fourth-order valence-corrected chi connectivity index (χ4v) is 1.43. The molecule has 2 N–H and O–H groups in total. The van der Waals surface area contributed by atoms with Gasteiger partial charge in [0.1, 0.15) is 11.6 Å². The summed E-state index contributed by atoms with van der Waals surface area (Å²) in [6, 6.07) is 8.36. The van der Waals surface area contributed by atoms with Crippen LogP contribution in [0.25, 0.3) is 0 Å². The van der Waals surface area contributed by atoms with E-state index >= 15 is 0 Å². The number of nitrogens with zero attached hydrogens (tertiary/aromatic N) is 1. The predicted octanol–water partition coefficient (Wildman–Crippen LogP) is 1.77. The molecule has 0 aliphatic heterocycles. The highest BCUT2D eigenvalue weighted by molar-refractivity contribution is 5.76. The van der Waals surface area contributed by atoms with Gasteiger partial charge in [-0.05, 0) is 44.9 Å². The summed E-state index contributed by atoms with van der Waals surface area (Å²) in [5.41, 5.74) is 6.76. The van der Waals surface area contributed by atoms with Gasteiger partial charge in [-0.3, -0.25) is 4.79 Å². The van der Waals surface area contributed by atoms with Crippen molar-refractivity contribution in [1.29, 1.82) is 5.26 Å². The molecule has 0 heterocycles. The molecule has 0 aliphatic carbocycles. The second-order valence-electron chi connectivity index (χ2n) is 5.15. The number of benzene rings is 1. The van der Waals surface area contributed by atoms with Crippen LogP contribution in [0, 0.1) is 11.3 Å². The number of hydrogen-bond donors (Lipinski definition) is 1. The van der Waals surface area contributed by atoms with Gasteiger partial charge in [0.25, 0.3) is 0 Å². The zero-order chi connectivity index (χ0) is 13.8. The molecule has 0 saturated heterocycles. The van der Waals surface area contributed by atoms with E-state index in [2.05, 4.69) is 0 Å². The Morgan fingerprint density at radius 1 is 1.39 bits per heavy atom. The van der Waals surface area contributed by atoms with Gasteiger partial charge in [-0.2, -0.15) is 5.26 Å². The number of carbonyl (C=O) groups excluding carboxylic acids is 1. The third-order valence-electron chi connectivity index (χ3n) is 2.25. The minimum Gasteiger partial charge on any atom is -0.459 e. The van der Waals surface area contributed by atoms with Crippen molar-refractivity contribution in [2.24, 2.45) is 5.73 Å². The van der Waals surface area contributed by atoms with Crippen LogP contribution in [0.1, 0.15) is 31.9 Å². The molecule has 1 aromatic carbocycles. The molecule has 1 rings (SSSR count). The number of rotatable bonds is 3. The van der Waals surface area contributed by atoms with Gasteiger partial charge in [-0.25, -0.2) is 0 Å². The van der Waals surface area contributed by atoms with Crippen LogP contribution in [-0.2, 0) is 16.0 Å². The Hall–Kier alpha value is -1.86. The summed E-state index contributed by atoms with van der Waals surface area (Å²) < 4.78 is 5.20. The number of nitrogens with two attached hydrogens (primary N) is 1. The van der Waals surface area contributed by atoms with Crippen LogP contribution >= 0.6 is 0 Å². The van der Waals surface area contributed by atoms with Gasteiger partial charge in [-0.1, -0.05) is 12.1 Å². The Morgan fingerprint density at radius 3 is 2.39 bits per heavy atom. The van der Waals surface area contributed by atoms with Gasteiger partial charge in [0.15, 0.2) is 0 Å². The van der Waals surface area contributed by atoms with Gasteiger partial charge in [0, 0.05) is 0 Å². The first-order chi connectivity index (χ1) is 8.31. The quantitative estimate of drug-likeness (QED) is 0.825. The summed E-state index contributed by atoms with van der Waals surface area (Å²) in [5.74, 6) is -0.410. The SMILES string of the molecule is CC(C)(C)OC(=O)C(N)Cc1ccc(C#N)cc1. The highest BCUT2D eigenvalue weighted by atomic mass is 16.6. The molecule has 18 heavy (non-hydrogen) atoms. The smallest absolute Gasteiger partial charge is 0.323 e. The zero-order valence-corrected chi connectivity index (χ0v) is 10.9. The van der Waals surface area contributed by atoms with Gasteiger partial charge in [0.2, 0.25) is 0 Å². The van der Waals surface area contributed by atoms with Gasteiger partial charge < -0.3 is 10.5 Å². The Morgan fingerprint density at radius 2 is 1.94 bits per heavy atom. The lowest BCUT2D eigenvalue weighted by Crippen LogP contribution is -2.38. The summed E-state index contributed by atoms with van der Waals surface area (Å²) in [4.78, 5) is 11.7. The third-order valence-corrected chi connectivity index (χ3v) is 2.25. The molecule has 0 radical (unpaired) electrons. The topological polar surface area (TPSA) is 76.1 Å². The first-order valence-corrected chi connectivity index (χ1v) is 5.79. The maximum Gasteiger partial charge on any atom is 0.323 e. The normalized spacial score (nSPS) is 12.6. The van der Waals surface area contributed by atoms with Gasteiger partial charge in [-0.15, -0.1) is 0 Å². The summed E-state index contributed by atoms with van der Waals surface area (Å²) >= 11 is 0. The number of esters is 1. The van der Waals surface area contributed by atoms with E-state index in [-0.39, 0.29) is 0 Å². The molecule has 0 fully saturated rings. The van der Waals surface area contributed by atoms with Crippen LogP contribution in [0.5, 0.6) is 0 Å². The number of nitriles is 1. The highest BCUT2D eigenvalue weighted by Crippen LogP contribution is 2.11. The molecule has 1 unspecified atom stereocenters. The molecular weight excluding hydrogens is 228 g/mol. The van der Waals surface area contributed by atoms with E-state index in [0.29, 0.717) is 12.0 Å². The van der Waals surface area contributed by atoms with E-state index in [1.807, 2.05) is 6.07 Å². The molecule has 0 spiro atoms. The van der Waals surface area contributed by atoms with Crippen molar-refractivity contribution in [3.63, 3.8) is 0 Å². The Balaban J connectivity index is 2.61. The first kappa shape index (κ1) is 14.2. The summed E-state index contributed by atoms with van der Waals surface area (Å²) in [5, 5.41) is 8.68. The van der Waals surface area contributed by atoms with E-state index in [4.69, 9.17) is 15.7 Å². The average Bonchev–Trinajstić information content (AvgIpc) is 2.27. The fourth-order valence-electron chi connectivity index (χ4n) is 1.43. The van der Waals surface area contributed by atoms with Gasteiger partial charge in [0.05, 0.1) is 11.6 Å². The standard InChI is InChI=1S/C14H18N2O2/c1-14(2,3)18-13(17)12(16)8-10-4-6-11(9-15)7-5-10/h4-7,12H,8,16H2,1-3H3. The van der Waals surface area contributed by atoms with E-state index < -0.39 is 17.6 Å². The van der Waals surface area contributed by atoms with E-state index in [9.17, 15) is 4.79 Å². The lowest BCUT2D eigenvalue weighted by molar-refractivity contribution is -0.156. The van der Waals surface area contributed by atoms with Crippen molar-refractivity contribution in [2.75, 3.05) is 0 Å². The second-order valence-corrected chi connectivity index (χ2v) is 5.15. The number of hydrogen-bond acceptors (Lipinski definition) is 4. The van der Waals surface area contributed by atoms with Crippen molar-refractivity contribution >= 4 is 5.97 Å². The minimum absolute atomic E-state index is 0.403. The van der Waals surface area contributed by atoms with E-state index in [1.165, 1.54) is 0 Å². The minimum atomic E-state index is -0.683. The summed E-state index contributed by atoms with van der Waals surface area (Å²) in [7, 11) is 0. The molecule has 0 bridgehead atoms. The Kier molecular flexibility index (Phi) is 4.46. The van der Waals surface area contributed by atoms with E-state index in [1.54, 1.807) is 45.0 Å². The fraction of sp³-hybridized carbons (Fsp3) is 0.429. The molecule has 96 valence electrons. The van der Waals surface area contributed by atoms with Crippen molar-refractivity contribution in [1.82, 2.24) is 0 Å². The summed E-state index contributed by atoms with van der Waals surface area (Å²) in [6.07, 6.45) is 0.403. The lowest BCUT2D eigenvalue weighted by atomic mass is 10.0. The Bertz CT molecular complexity index is 452. The maximum absolute atomic E-state index is 11.7. The average molecular weight is 246 g/mol. The third kappa shape index (κ3) is 4.56. The van der Waals surface area contributed by atoms with Crippen LogP contribution in [-0.4, -0.2) is 17.6 Å². The summed E-state index contributed by atoms with van der Waals surface area (Å²) in [6.45, 7) is 5.41. The molecule has 1 aromatic rings. The lowest BCUT2D eigenvalue weighted by Gasteiger charge is -2.22. The molecule has 1 atom stereocenters. The molecule has 0 amide bonds. The van der Waals surface area contributed by atoms with Crippen molar-refractivity contribution in [2.45, 2.75) is 38.8 Å². The maximum atomic E-state index is 11.7. The second kappa shape index (κ2) is 5.65. The highest BCUT2D eigenvalue weighted by Gasteiger charge is 2.22. The van der Waals surface area contributed by atoms with Crippen LogP contribution in [0.15, 0.2) is 24.3 Å². The van der Waals surface area contributed by atoms with Crippen LogP contribution in [0.4, 0.5) is 0 Å². The van der Waals surface area contributed by atoms with Crippen molar-refractivity contribution in [3.05, 3.63) is 35.4 Å².